The van der Waals surface area contributed by atoms with Crippen molar-refractivity contribution in [3.05, 3.63) is 41.5 Å². The highest BCUT2D eigenvalue weighted by Gasteiger charge is 2.03. The molecule has 2 nitrogen and oxygen atoms in total. The van der Waals surface area contributed by atoms with Crippen molar-refractivity contribution in [2.45, 2.75) is 12.8 Å². The molecule has 0 N–H and O–H groups in total. The van der Waals surface area contributed by atoms with Crippen LogP contribution in [0.15, 0.2) is 30.3 Å². The smallest absolute Gasteiger partial charge is 0.176 e. The van der Waals surface area contributed by atoms with Gasteiger partial charge in [0.2, 0.25) is 0 Å². The van der Waals surface area contributed by atoms with E-state index < -0.39 is 0 Å². The van der Waals surface area contributed by atoms with Crippen LogP contribution in [0.25, 0.3) is 6.08 Å². The molecule has 0 radical (unpaired) electrons. The maximum atomic E-state index is 11.4. The number of hydrogen-bond donors (Lipinski definition) is 0. The summed E-state index contributed by atoms with van der Waals surface area (Å²) in [7, 11) is 0. The number of ketones is 1. The van der Waals surface area contributed by atoms with E-state index in [2.05, 4.69) is 22.0 Å². The Kier molecular flexibility index (Phi) is 5.52. The number of rotatable bonds is 5. The minimum atomic E-state index is -0.126. The highest BCUT2D eigenvalue weighted by atomic mass is 79.9. The van der Waals surface area contributed by atoms with Gasteiger partial charge in [-0.05, 0) is 12.0 Å². The molecule has 0 amide bonds. The van der Waals surface area contributed by atoms with Crippen LogP contribution in [-0.2, 0) is 0 Å². The molecule has 0 aliphatic rings. The molecule has 16 heavy (non-hydrogen) atoms. The van der Waals surface area contributed by atoms with Crippen LogP contribution in [0.5, 0.6) is 0 Å². The minimum Gasteiger partial charge on any atom is -0.293 e. The molecule has 0 atom stereocenters. The van der Waals surface area contributed by atoms with Crippen molar-refractivity contribution in [2.75, 3.05) is 5.33 Å². The van der Waals surface area contributed by atoms with Crippen molar-refractivity contribution in [1.82, 2.24) is 0 Å². The lowest BCUT2D eigenvalue weighted by molar-refractivity contribution is 0.0998. The fourth-order valence-electron chi connectivity index (χ4n) is 1.24. The molecule has 0 aliphatic carbocycles. The fourth-order valence-corrected chi connectivity index (χ4v) is 1.50. The third kappa shape index (κ3) is 4.00. The largest absolute Gasteiger partial charge is 0.293 e. The third-order valence-electron chi connectivity index (χ3n) is 2.06. The van der Waals surface area contributed by atoms with Gasteiger partial charge < -0.3 is 0 Å². The van der Waals surface area contributed by atoms with Crippen LogP contribution in [0.4, 0.5) is 0 Å². The molecule has 0 aromatic heterocycles. The van der Waals surface area contributed by atoms with E-state index in [-0.39, 0.29) is 12.2 Å². The standard InChI is InChI=1S/C13H12BrNO/c14-9-2-1-3-11-4-6-12(7-5-11)13(16)8-10-15/h1,3-7H,2,8-9H2. The van der Waals surface area contributed by atoms with Gasteiger partial charge in [-0.25, -0.2) is 0 Å². The molecular formula is C13H12BrNO. The number of hydrogen-bond acceptors (Lipinski definition) is 2. The molecule has 1 rings (SSSR count). The number of halogens is 1. The first kappa shape index (κ1) is 12.7. The van der Waals surface area contributed by atoms with Crippen molar-refractivity contribution >= 4 is 27.8 Å². The number of nitrogens with zero attached hydrogens (tertiary/aromatic N) is 1. The average molecular weight is 278 g/mol. The Labute approximate surface area is 104 Å². The first-order valence-corrected chi connectivity index (χ1v) is 6.13. The molecule has 0 fully saturated rings. The van der Waals surface area contributed by atoms with Crippen LogP contribution >= 0.6 is 15.9 Å². The second kappa shape index (κ2) is 6.97. The van der Waals surface area contributed by atoms with Gasteiger partial charge in [-0.15, -0.1) is 0 Å². The lowest BCUT2D eigenvalue weighted by Gasteiger charge is -1.97. The molecule has 0 saturated heterocycles. The van der Waals surface area contributed by atoms with Crippen LogP contribution in [0.3, 0.4) is 0 Å². The van der Waals surface area contributed by atoms with E-state index in [9.17, 15) is 4.79 Å². The van der Waals surface area contributed by atoms with Gasteiger partial charge in [-0.3, -0.25) is 4.79 Å². The summed E-state index contributed by atoms with van der Waals surface area (Å²) in [4.78, 5) is 11.4. The molecule has 3 heteroatoms. The third-order valence-corrected chi connectivity index (χ3v) is 2.52. The second-order valence-corrected chi connectivity index (χ2v) is 4.05. The number of alkyl halides is 1. The highest BCUT2D eigenvalue weighted by molar-refractivity contribution is 9.09. The van der Waals surface area contributed by atoms with E-state index in [0.29, 0.717) is 5.56 Å². The Morgan fingerprint density at radius 1 is 1.38 bits per heavy atom. The predicted octanol–water partition coefficient (Wildman–Crippen LogP) is 3.58. The topological polar surface area (TPSA) is 40.9 Å². The minimum absolute atomic E-state index is 0.0568. The number of nitriles is 1. The number of carbonyl (C=O) groups is 1. The Hall–Kier alpha value is -1.40. The summed E-state index contributed by atoms with van der Waals surface area (Å²) >= 11 is 3.34. The first-order chi connectivity index (χ1) is 7.77. The molecule has 0 bridgehead atoms. The number of benzene rings is 1. The second-order valence-electron chi connectivity index (χ2n) is 3.26. The van der Waals surface area contributed by atoms with Crippen LogP contribution in [-0.4, -0.2) is 11.1 Å². The van der Waals surface area contributed by atoms with E-state index in [1.54, 1.807) is 12.1 Å². The molecule has 0 spiro atoms. The molecular weight excluding hydrogens is 266 g/mol. The summed E-state index contributed by atoms with van der Waals surface area (Å²) in [5.74, 6) is -0.126. The van der Waals surface area contributed by atoms with Gasteiger partial charge in [0.1, 0.15) is 0 Å². The van der Waals surface area contributed by atoms with Gasteiger partial charge in [-0.2, -0.15) is 5.26 Å². The van der Waals surface area contributed by atoms with Gasteiger partial charge in [-0.1, -0.05) is 52.3 Å². The van der Waals surface area contributed by atoms with E-state index in [1.165, 1.54) is 0 Å². The van der Waals surface area contributed by atoms with E-state index in [1.807, 2.05) is 24.3 Å². The maximum absolute atomic E-state index is 11.4. The Morgan fingerprint density at radius 2 is 2.06 bits per heavy atom. The lowest BCUT2D eigenvalue weighted by atomic mass is 10.1. The Balaban J connectivity index is 2.68. The van der Waals surface area contributed by atoms with E-state index in [4.69, 9.17) is 5.26 Å². The van der Waals surface area contributed by atoms with Crippen LogP contribution in [0, 0.1) is 11.3 Å². The molecule has 1 aromatic carbocycles. The normalized spacial score (nSPS) is 10.2. The number of Topliss-reactive ketones (excluding diaryl/α,β-unsaturated/α-hetero) is 1. The molecule has 1 aromatic rings. The molecule has 0 aliphatic heterocycles. The molecule has 0 heterocycles. The Morgan fingerprint density at radius 3 is 2.62 bits per heavy atom. The quantitative estimate of drug-likeness (QED) is 0.610. The zero-order chi connectivity index (χ0) is 11.8. The maximum Gasteiger partial charge on any atom is 0.176 e. The zero-order valence-corrected chi connectivity index (χ0v) is 10.4. The SMILES string of the molecule is N#CCC(=O)c1ccc(C=CCCBr)cc1. The predicted molar refractivity (Wildman–Crippen MR) is 68.4 cm³/mol. The van der Waals surface area contributed by atoms with Crippen molar-refractivity contribution in [1.29, 1.82) is 5.26 Å². The monoisotopic (exact) mass is 277 g/mol. The first-order valence-electron chi connectivity index (χ1n) is 5.00. The van der Waals surface area contributed by atoms with Crippen molar-refractivity contribution < 1.29 is 4.79 Å². The molecule has 0 unspecified atom stereocenters. The summed E-state index contributed by atoms with van der Waals surface area (Å²) in [5, 5.41) is 9.36. The van der Waals surface area contributed by atoms with Crippen LogP contribution < -0.4 is 0 Å². The van der Waals surface area contributed by atoms with Gasteiger partial charge in [0.25, 0.3) is 0 Å². The number of allylic oxidation sites excluding steroid dienone is 1. The van der Waals surface area contributed by atoms with E-state index >= 15 is 0 Å². The summed E-state index contributed by atoms with van der Waals surface area (Å²) in [6.07, 6.45) is 5.01. The molecule has 82 valence electrons. The van der Waals surface area contributed by atoms with Gasteiger partial charge in [0.05, 0.1) is 12.5 Å². The van der Waals surface area contributed by atoms with Gasteiger partial charge in [0, 0.05) is 10.9 Å². The Bertz CT molecular complexity index is 415. The van der Waals surface area contributed by atoms with Crippen molar-refractivity contribution in [3.8, 4) is 6.07 Å². The average Bonchev–Trinajstić information content (AvgIpc) is 2.30. The summed E-state index contributed by atoms with van der Waals surface area (Å²) in [6.45, 7) is 0. The van der Waals surface area contributed by atoms with Crippen LogP contribution in [0.2, 0.25) is 0 Å². The molecule has 0 saturated carbocycles. The van der Waals surface area contributed by atoms with Gasteiger partial charge >= 0.3 is 0 Å². The summed E-state index contributed by atoms with van der Waals surface area (Å²) < 4.78 is 0. The van der Waals surface area contributed by atoms with E-state index in [0.717, 1.165) is 17.3 Å². The summed E-state index contributed by atoms with van der Waals surface area (Å²) in [5.41, 5.74) is 1.66. The number of carbonyl (C=O) groups excluding carboxylic acids is 1. The van der Waals surface area contributed by atoms with Crippen LogP contribution in [0.1, 0.15) is 28.8 Å². The van der Waals surface area contributed by atoms with Crippen molar-refractivity contribution in [3.63, 3.8) is 0 Å². The lowest BCUT2D eigenvalue weighted by Crippen LogP contribution is -1.96. The summed E-state index contributed by atoms with van der Waals surface area (Å²) in [6, 6.07) is 9.14. The van der Waals surface area contributed by atoms with Gasteiger partial charge in [0.15, 0.2) is 5.78 Å². The zero-order valence-electron chi connectivity index (χ0n) is 8.82. The highest BCUT2D eigenvalue weighted by Crippen LogP contribution is 2.08. The van der Waals surface area contributed by atoms with Crippen molar-refractivity contribution in [2.24, 2.45) is 0 Å². The fraction of sp³-hybridized carbons (Fsp3) is 0.231.